The van der Waals surface area contributed by atoms with E-state index >= 15 is 0 Å². The molecule has 1 aromatic heterocycles. The fourth-order valence-corrected chi connectivity index (χ4v) is 3.23. The number of benzene rings is 2. The molecular weight excluding hydrogens is 358 g/mol. The van der Waals surface area contributed by atoms with Crippen LogP contribution in [0.25, 0.3) is 11.0 Å². The standard InChI is InChI=1S/C20H21N5O3/c1-28-15-8-6-14(7-9-15)25-11-10-24(20(25)27)13-19(26)21-12-18-22-16-4-2-3-5-17(16)23-18/h2-9H,10-13H2,1H3,(H,21,26)(H,22,23). The van der Waals surface area contributed by atoms with Gasteiger partial charge in [-0.15, -0.1) is 0 Å². The lowest BCUT2D eigenvalue weighted by Crippen LogP contribution is -2.39. The maximum Gasteiger partial charge on any atom is 0.325 e. The molecular formula is C20H21N5O3. The Balaban J connectivity index is 1.32. The second-order valence-corrected chi connectivity index (χ2v) is 6.53. The molecule has 8 nitrogen and oxygen atoms in total. The van der Waals surface area contributed by atoms with Gasteiger partial charge in [0.1, 0.15) is 18.1 Å². The minimum atomic E-state index is -0.217. The van der Waals surface area contributed by atoms with Gasteiger partial charge < -0.3 is 19.9 Å². The molecule has 1 aliphatic heterocycles. The number of urea groups is 1. The number of amides is 3. The van der Waals surface area contributed by atoms with Crippen LogP contribution in [0, 0.1) is 0 Å². The zero-order chi connectivity index (χ0) is 19.5. The van der Waals surface area contributed by atoms with Crippen molar-refractivity contribution in [2.45, 2.75) is 6.54 Å². The Morgan fingerprint density at radius 2 is 1.96 bits per heavy atom. The van der Waals surface area contributed by atoms with Gasteiger partial charge in [-0.3, -0.25) is 9.69 Å². The van der Waals surface area contributed by atoms with Crippen molar-refractivity contribution in [3.63, 3.8) is 0 Å². The summed E-state index contributed by atoms with van der Waals surface area (Å²) in [5.74, 6) is 1.20. The number of anilines is 1. The molecule has 144 valence electrons. The van der Waals surface area contributed by atoms with Crippen molar-refractivity contribution in [3.05, 3.63) is 54.4 Å². The number of aromatic amines is 1. The highest BCUT2D eigenvalue weighted by Gasteiger charge is 2.30. The molecule has 2 heterocycles. The molecule has 0 unspecified atom stereocenters. The molecule has 0 saturated carbocycles. The van der Waals surface area contributed by atoms with Gasteiger partial charge in [0.15, 0.2) is 0 Å². The number of nitrogens with one attached hydrogen (secondary N) is 2. The van der Waals surface area contributed by atoms with E-state index in [1.807, 2.05) is 48.5 Å². The Morgan fingerprint density at radius 1 is 1.18 bits per heavy atom. The quantitative estimate of drug-likeness (QED) is 0.686. The van der Waals surface area contributed by atoms with Crippen molar-refractivity contribution in [1.29, 1.82) is 0 Å². The number of rotatable bonds is 6. The summed E-state index contributed by atoms with van der Waals surface area (Å²) in [5.41, 5.74) is 2.57. The van der Waals surface area contributed by atoms with E-state index in [1.54, 1.807) is 12.0 Å². The molecule has 0 bridgehead atoms. The average molecular weight is 379 g/mol. The maximum atomic E-state index is 12.6. The van der Waals surface area contributed by atoms with Crippen LogP contribution in [0.15, 0.2) is 48.5 Å². The van der Waals surface area contributed by atoms with Crippen molar-refractivity contribution in [1.82, 2.24) is 20.2 Å². The summed E-state index contributed by atoms with van der Waals surface area (Å²) < 4.78 is 5.14. The fraction of sp³-hybridized carbons (Fsp3) is 0.250. The Bertz CT molecular complexity index is 966. The third-order valence-corrected chi connectivity index (χ3v) is 4.70. The lowest BCUT2D eigenvalue weighted by atomic mass is 10.3. The number of imidazole rings is 1. The molecule has 1 saturated heterocycles. The normalized spacial score (nSPS) is 14.0. The predicted molar refractivity (Wildman–Crippen MR) is 105 cm³/mol. The van der Waals surface area contributed by atoms with Gasteiger partial charge in [0.2, 0.25) is 5.91 Å². The first-order chi connectivity index (χ1) is 13.6. The monoisotopic (exact) mass is 379 g/mol. The number of hydrogen-bond donors (Lipinski definition) is 2. The number of aromatic nitrogens is 2. The largest absolute Gasteiger partial charge is 0.497 e. The van der Waals surface area contributed by atoms with Gasteiger partial charge >= 0.3 is 6.03 Å². The zero-order valence-electron chi connectivity index (χ0n) is 15.5. The highest BCUT2D eigenvalue weighted by molar-refractivity contribution is 5.96. The second kappa shape index (κ2) is 7.59. The van der Waals surface area contributed by atoms with Crippen LogP contribution in [0.2, 0.25) is 0 Å². The summed E-state index contributed by atoms with van der Waals surface area (Å²) >= 11 is 0. The van der Waals surface area contributed by atoms with E-state index in [4.69, 9.17) is 4.74 Å². The number of nitrogens with zero attached hydrogens (tertiary/aromatic N) is 3. The van der Waals surface area contributed by atoms with Crippen LogP contribution in [-0.2, 0) is 11.3 Å². The SMILES string of the molecule is COc1ccc(N2CCN(CC(=O)NCc3nc4ccccc4[nH]3)C2=O)cc1. The van der Waals surface area contributed by atoms with Gasteiger partial charge in [-0.25, -0.2) is 9.78 Å². The molecule has 2 aromatic carbocycles. The molecule has 4 rings (SSSR count). The highest BCUT2D eigenvalue weighted by atomic mass is 16.5. The van der Waals surface area contributed by atoms with Crippen molar-refractivity contribution in [2.24, 2.45) is 0 Å². The Morgan fingerprint density at radius 3 is 2.71 bits per heavy atom. The first kappa shape index (κ1) is 17.8. The molecule has 0 aliphatic carbocycles. The summed E-state index contributed by atoms with van der Waals surface area (Å²) in [5, 5.41) is 2.82. The molecule has 2 N–H and O–H groups in total. The smallest absolute Gasteiger partial charge is 0.325 e. The first-order valence-corrected chi connectivity index (χ1v) is 9.05. The number of carbonyl (C=O) groups excluding carboxylic acids is 2. The Labute approximate surface area is 162 Å². The van der Waals surface area contributed by atoms with Gasteiger partial charge in [0, 0.05) is 18.8 Å². The molecule has 8 heteroatoms. The van der Waals surface area contributed by atoms with Gasteiger partial charge in [0.05, 0.1) is 24.7 Å². The third-order valence-electron chi connectivity index (χ3n) is 4.70. The van der Waals surface area contributed by atoms with Crippen LogP contribution < -0.4 is 15.0 Å². The molecule has 0 spiro atoms. The van der Waals surface area contributed by atoms with E-state index < -0.39 is 0 Å². The summed E-state index contributed by atoms with van der Waals surface area (Å²) in [7, 11) is 1.60. The van der Waals surface area contributed by atoms with Crippen LogP contribution in [0.4, 0.5) is 10.5 Å². The van der Waals surface area contributed by atoms with E-state index in [1.165, 1.54) is 4.90 Å². The number of carbonyl (C=O) groups is 2. The van der Waals surface area contributed by atoms with Gasteiger partial charge in [-0.05, 0) is 36.4 Å². The number of para-hydroxylation sites is 2. The Hall–Kier alpha value is -3.55. The van der Waals surface area contributed by atoms with Gasteiger partial charge in [-0.2, -0.15) is 0 Å². The van der Waals surface area contributed by atoms with Crippen molar-refractivity contribution in [2.75, 3.05) is 31.6 Å². The lowest BCUT2D eigenvalue weighted by Gasteiger charge is -2.18. The molecule has 0 radical (unpaired) electrons. The minimum absolute atomic E-state index is 0.0196. The van der Waals surface area contributed by atoms with E-state index in [0.29, 0.717) is 18.9 Å². The fourth-order valence-electron chi connectivity index (χ4n) is 3.23. The molecule has 1 aliphatic rings. The van der Waals surface area contributed by atoms with Crippen molar-refractivity contribution >= 4 is 28.7 Å². The summed E-state index contributed by atoms with van der Waals surface area (Å²) in [6.07, 6.45) is 0. The van der Waals surface area contributed by atoms with Gasteiger partial charge in [-0.1, -0.05) is 12.1 Å². The summed E-state index contributed by atoms with van der Waals surface area (Å²) in [6.45, 7) is 1.36. The second-order valence-electron chi connectivity index (χ2n) is 6.53. The first-order valence-electron chi connectivity index (χ1n) is 9.05. The topological polar surface area (TPSA) is 90.6 Å². The Kier molecular flexibility index (Phi) is 4.84. The third kappa shape index (κ3) is 3.62. The van der Waals surface area contributed by atoms with Gasteiger partial charge in [0.25, 0.3) is 0 Å². The van der Waals surface area contributed by atoms with Crippen LogP contribution >= 0.6 is 0 Å². The van der Waals surface area contributed by atoms with Crippen LogP contribution in [0.5, 0.6) is 5.75 Å². The zero-order valence-corrected chi connectivity index (χ0v) is 15.5. The molecule has 3 aromatic rings. The van der Waals surface area contributed by atoms with Crippen LogP contribution in [0.1, 0.15) is 5.82 Å². The number of ether oxygens (including phenoxy) is 1. The highest BCUT2D eigenvalue weighted by Crippen LogP contribution is 2.23. The van der Waals surface area contributed by atoms with E-state index in [-0.39, 0.29) is 25.0 Å². The van der Waals surface area contributed by atoms with E-state index in [2.05, 4.69) is 15.3 Å². The molecule has 3 amide bonds. The summed E-state index contributed by atoms with van der Waals surface area (Å²) in [4.78, 5) is 35.7. The van der Waals surface area contributed by atoms with E-state index in [0.717, 1.165) is 22.5 Å². The number of methoxy groups -OCH3 is 1. The number of H-pyrrole nitrogens is 1. The van der Waals surface area contributed by atoms with Crippen LogP contribution in [-0.4, -0.2) is 53.6 Å². The van der Waals surface area contributed by atoms with Crippen LogP contribution in [0.3, 0.4) is 0 Å². The van der Waals surface area contributed by atoms with E-state index in [9.17, 15) is 9.59 Å². The lowest BCUT2D eigenvalue weighted by molar-refractivity contribution is -0.121. The molecule has 1 fully saturated rings. The predicted octanol–water partition coefficient (Wildman–Crippen LogP) is 2.13. The average Bonchev–Trinajstić information content (AvgIpc) is 3.30. The summed E-state index contributed by atoms with van der Waals surface area (Å²) in [6, 6.07) is 14.8. The number of fused-ring (bicyclic) bond motifs is 1. The number of hydrogen-bond acceptors (Lipinski definition) is 4. The molecule has 0 atom stereocenters. The van der Waals surface area contributed by atoms with Crippen molar-refractivity contribution < 1.29 is 14.3 Å². The van der Waals surface area contributed by atoms with Crippen molar-refractivity contribution in [3.8, 4) is 5.75 Å². The minimum Gasteiger partial charge on any atom is -0.497 e. The maximum absolute atomic E-state index is 12.6. The molecule has 28 heavy (non-hydrogen) atoms.